The van der Waals surface area contributed by atoms with E-state index in [2.05, 4.69) is 10.3 Å². The minimum Gasteiger partial charge on any atom is -0.465 e. The van der Waals surface area contributed by atoms with Crippen LogP contribution < -0.4 is 15.8 Å². The van der Waals surface area contributed by atoms with Gasteiger partial charge in [0.25, 0.3) is 5.56 Å². The van der Waals surface area contributed by atoms with E-state index in [0.717, 1.165) is 22.9 Å². The van der Waals surface area contributed by atoms with E-state index in [1.54, 1.807) is 36.4 Å². The number of fused-ring (bicyclic) bond motifs is 1. The zero-order chi connectivity index (χ0) is 25.9. The molecule has 0 spiro atoms. The van der Waals surface area contributed by atoms with Crippen molar-refractivity contribution in [2.24, 2.45) is 5.92 Å². The second-order valence-corrected chi connectivity index (χ2v) is 9.48. The number of methoxy groups -OCH3 is 1. The van der Waals surface area contributed by atoms with Crippen LogP contribution in [0.2, 0.25) is 5.02 Å². The summed E-state index contributed by atoms with van der Waals surface area (Å²) in [5, 5.41) is 4.31. The zero-order valence-electron chi connectivity index (χ0n) is 20.3. The molecule has 0 bridgehead atoms. The summed E-state index contributed by atoms with van der Waals surface area (Å²) in [6, 6.07) is 21.9. The van der Waals surface area contributed by atoms with Gasteiger partial charge in [-0.1, -0.05) is 54.1 Å². The van der Waals surface area contributed by atoms with E-state index >= 15 is 0 Å². The summed E-state index contributed by atoms with van der Waals surface area (Å²) in [7, 11) is 1.30. The molecule has 2 heterocycles. The van der Waals surface area contributed by atoms with Crippen molar-refractivity contribution < 1.29 is 14.3 Å². The van der Waals surface area contributed by atoms with E-state index in [0.29, 0.717) is 47.0 Å². The number of hydrogen-bond acceptors (Lipinski definition) is 5. The fourth-order valence-electron chi connectivity index (χ4n) is 4.96. The largest absolute Gasteiger partial charge is 0.465 e. The van der Waals surface area contributed by atoms with Crippen molar-refractivity contribution in [1.82, 2.24) is 4.98 Å². The molecule has 1 unspecified atom stereocenters. The topological polar surface area (TPSA) is 91.5 Å². The van der Waals surface area contributed by atoms with Gasteiger partial charge in [0.2, 0.25) is 5.91 Å². The van der Waals surface area contributed by atoms with Crippen LogP contribution in [0.1, 0.15) is 23.2 Å². The summed E-state index contributed by atoms with van der Waals surface area (Å²) in [5.74, 6) is -1.10. The molecule has 8 heteroatoms. The van der Waals surface area contributed by atoms with Crippen LogP contribution in [0.4, 0.5) is 11.4 Å². The van der Waals surface area contributed by atoms with Gasteiger partial charge in [0.1, 0.15) is 5.69 Å². The van der Waals surface area contributed by atoms with E-state index < -0.39 is 5.97 Å². The third kappa shape index (κ3) is 4.95. The highest BCUT2D eigenvalue weighted by molar-refractivity contribution is 6.31. The van der Waals surface area contributed by atoms with Gasteiger partial charge in [-0.15, -0.1) is 0 Å². The Bertz CT molecular complexity index is 1530. The van der Waals surface area contributed by atoms with Gasteiger partial charge in [-0.05, 0) is 48.7 Å². The van der Waals surface area contributed by atoms with Gasteiger partial charge < -0.3 is 19.9 Å². The molecule has 4 aromatic rings. The highest BCUT2D eigenvalue weighted by Crippen LogP contribution is 2.37. The van der Waals surface area contributed by atoms with E-state index in [-0.39, 0.29) is 17.4 Å². The number of rotatable bonds is 5. The summed E-state index contributed by atoms with van der Waals surface area (Å²) in [5.41, 5.74) is 3.38. The predicted octanol–water partition coefficient (Wildman–Crippen LogP) is 5.49. The van der Waals surface area contributed by atoms with E-state index in [4.69, 9.17) is 16.3 Å². The molecular formula is C29H26ClN3O4. The fraction of sp³-hybridized carbons (Fsp3) is 0.207. The van der Waals surface area contributed by atoms with Gasteiger partial charge in [-0.3, -0.25) is 9.59 Å². The molecular weight excluding hydrogens is 490 g/mol. The molecule has 0 aliphatic carbocycles. The minimum atomic E-state index is -0.518. The lowest BCUT2D eigenvalue weighted by molar-refractivity contribution is -0.120. The SMILES string of the molecule is COC(=O)c1ccccc1NC(=O)C1CCCN(c2c(-c3ccccc3)c3cc(Cl)ccc3[nH]c2=O)C1. The average molecular weight is 516 g/mol. The molecule has 1 saturated heterocycles. The van der Waals surface area contributed by atoms with Gasteiger partial charge in [0, 0.05) is 34.6 Å². The van der Waals surface area contributed by atoms with Gasteiger partial charge in [0.05, 0.1) is 24.3 Å². The first-order valence-electron chi connectivity index (χ1n) is 12.1. The number of nitrogens with one attached hydrogen (secondary N) is 2. The molecule has 1 aromatic heterocycles. The molecule has 7 nitrogen and oxygen atoms in total. The van der Waals surface area contributed by atoms with Crippen molar-refractivity contribution >= 4 is 45.8 Å². The highest BCUT2D eigenvalue weighted by atomic mass is 35.5. The van der Waals surface area contributed by atoms with Crippen molar-refractivity contribution in [2.45, 2.75) is 12.8 Å². The zero-order valence-corrected chi connectivity index (χ0v) is 21.0. The third-order valence-corrected chi connectivity index (χ3v) is 6.95. The summed E-state index contributed by atoms with van der Waals surface area (Å²) in [6.07, 6.45) is 1.40. The number of halogens is 1. The Hall–Kier alpha value is -4.10. The number of benzene rings is 3. The van der Waals surface area contributed by atoms with Crippen molar-refractivity contribution in [3.63, 3.8) is 0 Å². The molecule has 37 heavy (non-hydrogen) atoms. The van der Waals surface area contributed by atoms with Crippen LogP contribution in [-0.2, 0) is 9.53 Å². The molecule has 0 saturated carbocycles. The van der Waals surface area contributed by atoms with Crippen molar-refractivity contribution in [3.05, 3.63) is 93.7 Å². The average Bonchev–Trinajstić information content (AvgIpc) is 2.93. The maximum absolute atomic E-state index is 13.4. The number of anilines is 2. The number of esters is 1. The number of nitrogens with zero attached hydrogens (tertiary/aromatic N) is 1. The van der Waals surface area contributed by atoms with Crippen molar-refractivity contribution in [1.29, 1.82) is 0 Å². The smallest absolute Gasteiger partial charge is 0.339 e. The summed E-state index contributed by atoms with van der Waals surface area (Å²) >= 11 is 6.35. The number of aromatic amines is 1. The molecule has 2 N–H and O–H groups in total. The Morgan fingerprint density at radius 2 is 1.81 bits per heavy atom. The van der Waals surface area contributed by atoms with Crippen LogP contribution in [0, 0.1) is 5.92 Å². The van der Waals surface area contributed by atoms with Crippen LogP contribution in [0.5, 0.6) is 0 Å². The Kier molecular flexibility index (Phi) is 6.97. The maximum Gasteiger partial charge on any atom is 0.339 e. The van der Waals surface area contributed by atoms with Gasteiger partial charge in [0.15, 0.2) is 0 Å². The van der Waals surface area contributed by atoms with Gasteiger partial charge in [-0.25, -0.2) is 4.79 Å². The molecule has 1 atom stereocenters. The Morgan fingerprint density at radius 3 is 2.59 bits per heavy atom. The molecule has 1 fully saturated rings. The predicted molar refractivity (Wildman–Crippen MR) is 146 cm³/mol. The van der Waals surface area contributed by atoms with Crippen LogP contribution in [0.15, 0.2) is 77.6 Å². The molecule has 188 valence electrons. The number of piperidine rings is 1. The minimum absolute atomic E-state index is 0.206. The lowest BCUT2D eigenvalue weighted by Crippen LogP contribution is -2.43. The Labute approximate surface area is 219 Å². The van der Waals surface area contributed by atoms with Crippen LogP contribution in [-0.4, -0.2) is 37.1 Å². The van der Waals surface area contributed by atoms with E-state index in [1.165, 1.54) is 7.11 Å². The lowest BCUT2D eigenvalue weighted by Gasteiger charge is -2.34. The number of H-pyrrole nitrogens is 1. The Balaban J connectivity index is 1.51. The van der Waals surface area contributed by atoms with Crippen LogP contribution in [0.25, 0.3) is 22.0 Å². The number of para-hydroxylation sites is 1. The normalized spacial score (nSPS) is 15.4. The standard InChI is InChI=1S/C29H26ClN3O4/c1-37-29(36)21-11-5-6-12-23(21)31-27(34)19-10-7-15-33(17-19)26-25(18-8-3-2-4-9-18)22-16-20(30)13-14-24(22)32-28(26)35/h2-6,8-9,11-14,16,19H,7,10,15,17H2,1H3,(H,31,34)(H,32,35). The molecule has 5 rings (SSSR count). The van der Waals surface area contributed by atoms with E-state index in [1.807, 2.05) is 41.3 Å². The van der Waals surface area contributed by atoms with Crippen molar-refractivity contribution in [3.8, 4) is 11.1 Å². The number of amides is 1. The number of pyridine rings is 1. The summed E-state index contributed by atoms with van der Waals surface area (Å²) in [4.78, 5) is 43.9. The molecule has 1 aliphatic heterocycles. The highest BCUT2D eigenvalue weighted by Gasteiger charge is 2.30. The van der Waals surface area contributed by atoms with Crippen molar-refractivity contribution in [2.75, 3.05) is 30.4 Å². The second-order valence-electron chi connectivity index (χ2n) is 9.05. The van der Waals surface area contributed by atoms with Crippen LogP contribution in [0.3, 0.4) is 0 Å². The first-order valence-corrected chi connectivity index (χ1v) is 12.5. The molecule has 1 aliphatic rings. The first-order chi connectivity index (χ1) is 18.0. The molecule has 3 aromatic carbocycles. The van der Waals surface area contributed by atoms with Gasteiger partial charge in [-0.2, -0.15) is 0 Å². The number of carbonyl (C=O) groups is 2. The van der Waals surface area contributed by atoms with Crippen LogP contribution >= 0.6 is 11.6 Å². The maximum atomic E-state index is 13.4. The molecule has 0 radical (unpaired) electrons. The second kappa shape index (κ2) is 10.5. The first kappa shape index (κ1) is 24.6. The third-order valence-electron chi connectivity index (χ3n) is 6.71. The number of carbonyl (C=O) groups excluding carboxylic acids is 2. The monoisotopic (exact) mass is 515 g/mol. The van der Waals surface area contributed by atoms with Gasteiger partial charge >= 0.3 is 5.97 Å². The number of ether oxygens (including phenoxy) is 1. The summed E-state index contributed by atoms with van der Waals surface area (Å²) in [6.45, 7) is 0.999. The Morgan fingerprint density at radius 1 is 1.05 bits per heavy atom. The quantitative estimate of drug-likeness (QED) is 0.343. The number of aromatic nitrogens is 1. The fourth-order valence-corrected chi connectivity index (χ4v) is 5.13. The number of hydrogen-bond donors (Lipinski definition) is 2. The summed E-state index contributed by atoms with van der Waals surface area (Å²) < 4.78 is 4.84. The molecule has 1 amide bonds. The lowest BCUT2D eigenvalue weighted by atomic mass is 9.93. The van der Waals surface area contributed by atoms with E-state index in [9.17, 15) is 14.4 Å².